The number of ether oxygens (including phenoxy) is 1. The highest BCUT2D eigenvalue weighted by Crippen LogP contribution is 2.24. The fourth-order valence-electron chi connectivity index (χ4n) is 1.14. The summed E-state index contributed by atoms with van der Waals surface area (Å²) in [6, 6.07) is 1.54. The predicted octanol–water partition coefficient (Wildman–Crippen LogP) is 2.30. The van der Waals surface area contributed by atoms with Crippen molar-refractivity contribution in [3.05, 3.63) is 34.9 Å². The van der Waals surface area contributed by atoms with Crippen molar-refractivity contribution in [3.63, 3.8) is 0 Å². The van der Waals surface area contributed by atoms with Crippen molar-refractivity contribution < 1.29 is 23.1 Å². The van der Waals surface area contributed by atoms with E-state index < -0.39 is 34.7 Å². The van der Waals surface area contributed by atoms with E-state index in [2.05, 4.69) is 4.74 Å². The number of benzene rings is 1. The predicted molar refractivity (Wildman–Crippen MR) is 47.5 cm³/mol. The number of rotatable bonds is 0. The number of esters is 2. The molecule has 0 saturated carbocycles. The molecule has 0 radical (unpaired) electrons. The zero-order chi connectivity index (χ0) is 11.6. The van der Waals surface area contributed by atoms with Crippen molar-refractivity contribution in [1.29, 1.82) is 0 Å². The lowest BCUT2D eigenvalue weighted by atomic mass is 10.1. The van der Waals surface area contributed by atoms with E-state index in [-0.39, 0.29) is 0 Å². The van der Waals surface area contributed by atoms with Crippen LogP contribution in [0, 0.1) is 11.6 Å². The number of carbonyl (C=O) groups is 2. The zero-order valence-electron chi connectivity index (χ0n) is 8.14. The molecule has 80 valence electrons. The van der Waals surface area contributed by atoms with E-state index in [0.717, 1.165) is 12.1 Å². The van der Waals surface area contributed by atoms with Crippen LogP contribution >= 0.6 is 0 Å². The molecule has 0 N–H and O–H groups in total. The minimum atomic E-state index is -1.14. The van der Waals surface area contributed by atoms with Crippen molar-refractivity contribution >= 4 is 11.9 Å². The normalized spacial score (nSPS) is 12.8. The monoisotopic (exact) mass is 214 g/mol. The zero-order valence-corrected chi connectivity index (χ0v) is 8.14. The molecule has 0 aliphatic carbocycles. The van der Waals surface area contributed by atoms with Gasteiger partial charge in [-0.15, -0.1) is 0 Å². The van der Waals surface area contributed by atoms with Crippen molar-refractivity contribution in [2.45, 2.75) is 13.8 Å². The lowest BCUT2D eigenvalue weighted by Gasteiger charge is -1.94. The van der Waals surface area contributed by atoms with Crippen LogP contribution in [-0.4, -0.2) is 11.9 Å². The number of fused-ring (bicyclic) bond motifs is 1. The van der Waals surface area contributed by atoms with Gasteiger partial charge in [0.25, 0.3) is 0 Å². The maximum atomic E-state index is 12.9. The molecule has 1 aromatic carbocycles. The first-order valence-electron chi connectivity index (χ1n) is 4.36. The molecule has 1 aliphatic rings. The fraction of sp³-hybridized carbons (Fsp3) is 0.200. The van der Waals surface area contributed by atoms with Crippen molar-refractivity contribution in [3.8, 4) is 0 Å². The first-order valence-corrected chi connectivity index (χ1v) is 4.36. The summed E-state index contributed by atoms with van der Waals surface area (Å²) < 4.78 is 29.8. The number of halogens is 2. The van der Waals surface area contributed by atoms with Gasteiger partial charge in [-0.2, -0.15) is 0 Å². The van der Waals surface area contributed by atoms with Gasteiger partial charge in [0.05, 0.1) is 0 Å². The van der Waals surface area contributed by atoms with Crippen LogP contribution in [0.5, 0.6) is 0 Å². The second-order valence-corrected chi connectivity index (χ2v) is 2.46. The lowest BCUT2D eigenvalue weighted by molar-refractivity contribution is 0.0441. The molecule has 0 amide bonds. The molecule has 3 nitrogen and oxygen atoms in total. The van der Waals surface area contributed by atoms with Gasteiger partial charge in [0.2, 0.25) is 0 Å². The average Bonchev–Trinajstić information content (AvgIpc) is 2.52. The highest BCUT2D eigenvalue weighted by molar-refractivity contribution is 6.14. The standard InChI is InChI=1S/C8H2F2O3.C2H6/c9-3-1-2-4(10)6-5(3)7(11)13-8(6)12;1-2/h1-2H;1-2H3. The van der Waals surface area contributed by atoms with E-state index in [1.54, 1.807) is 0 Å². The number of hydrogen-bond acceptors (Lipinski definition) is 3. The molecule has 15 heavy (non-hydrogen) atoms. The van der Waals surface area contributed by atoms with E-state index in [0.29, 0.717) is 0 Å². The van der Waals surface area contributed by atoms with Gasteiger partial charge in [-0.05, 0) is 12.1 Å². The molecule has 0 fully saturated rings. The van der Waals surface area contributed by atoms with E-state index in [4.69, 9.17) is 0 Å². The molecule has 5 heteroatoms. The third-order valence-corrected chi connectivity index (χ3v) is 1.70. The van der Waals surface area contributed by atoms with E-state index in [9.17, 15) is 18.4 Å². The molecule has 1 heterocycles. The van der Waals surface area contributed by atoms with E-state index >= 15 is 0 Å². The molecule has 0 bridgehead atoms. The molecule has 0 atom stereocenters. The van der Waals surface area contributed by atoms with Crippen LogP contribution in [0.1, 0.15) is 34.6 Å². The molecular weight excluding hydrogens is 206 g/mol. The fourth-order valence-corrected chi connectivity index (χ4v) is 1.14. The number of hydrogen-bond donors (Lipinski definition) is 0. The Bertz CT molecular complexity index is 388. The number of cyclic esters (lactones) is 2. The van der Waals surface area contributed by atoms with Crippen LogP contribution in [0.25, 0.3) is 0 Å². The minimum Gasteiger partial charge on any atom is -0.385 e. The molecule has 0 unspecified atom stereocenters. The van der Waals surface area contributed by atoms with Gasteiger partial charge in [0.1, 0.15) is 22.8 Å². The molecular formula is C10H8F2O3. The van der Waals surface area contributed by atoms with Gasteiger partial charge in [-0.3, -0.25) is 0 Å². The molecule has 1 aromatic rings. The summed E-state index contributed by atoms with van der Waals surface area (Å²) in [4.78, 5) is 21.6. The Morgan fingerprint density at radius 1 is 0.933 bits per heavy atom. The molecule has 2 rings (SSSR count). The van der Waals surface area contributed by atoms with Gasteiger partial charge in [0, 0.05) is 0 Å². The van der Waals surface area contributed by atoms with E-state index in [1.165, 1.54) is 0 Å². The summed E-state index contributed by atoms with van der Waals surface area (Å²) in [6.45, 7) is 4.00. The van der Waals surface area contributed by atoms with E-state index in [1.807, 2.05) is 13.8 Å². The van der Waals surface area contributed by atoms with Crippen LogP contribution in [-0.2, 0) is 4.74 Å². The third kappa shape index (κ3) is 1.72. The molecule has 0 spiro atoms. The van der Waals surface area contributed by atoms with Gasteiger partial charge in [-0.1, -0.05) is 13.8 Å². The highest BCUT2D eigenvalue weighted by Gasteiger charge is 2.35. The quantitative estimate of drug-likeness (QED) is 0.491. The summed E-state index contributed by atoms with van der Waals surface area (Å²) >= 11 is 0. The highest BCUT2D eigenvalue weighted by atomic mass is 19.1. The van der Waals surface area contributed by atoms with Crippen molar-refractivity contribution in [2.24, 2.45) is 0 Å². The average molecular weight is 214 g/mol. The molecule has 0 saturated heterocycles. The SMILES string of the molecule is CC.O=C1OC(=O)c2c(F)ccc(F)c21. The summed E-state index contributed by atoms with van der Waals surface area (Å²) in [6.07, 6.45) is 0. The Kier molecular flexibility index (Phi) is 3.14. The van der Waals surface area contributed by atoms with Crippen LogP contribution in [0.3, 0.4) is 0 Å². The lowest BCUT2D eigenvalue weighted by Crippen LogP contribution is -1.98. The summed E-state index contributed by atoms with van der Waals surface area (Å²) in [5.74, 6) is -4.19. The van der Waals surface area contributed by atoms with Crippen LogP contribution in [0.2, 0.25) is 0 Å². The first-order chi connectivity index (χ1) is 7.11. The first kappa shape index (κ1) is 11.3. The van der Waals surface area contributed by atoms with Crippen LogP contribution < -0.4 is 0 Å². The van der Waals surface area contributed by atoms with Gasteiger partial charge in [0.15, 0.2) is 0 Å². The molecule has 0 aromatic heterocycles. The maximum Gasteiger partial charge on any atom is 0.350 e. The number of carbonyl (C=O) groups excluding carboxylic acids is 2. The second-order valence-electron chi connectivity index (χ2n) is 2.46. The van der Waals surface area contributed by atoms with Gasteiger partial charge >= 0.3 is 11.9 Å². The Labute approximate surface area is 84.7 Å². The van der Waals surface area contributed by atoms with Crippen molar-refractivity contribution in [1.82, 2.24) is 0 Å². The Morgan fingerprint density at radius 2 is 1.27 bits per heavy atom. The summed E-state index contributed by atoms with van der Waals surface area (Å²) in [7, 11) is 0. The van der Waals surface area contributed by atoms with Crippen molar-refractivity contribution in [2.75, 3.05) is 0 Å². The van der Waals surface area contributed by atoms with Crippen LogP contribution in [0.4, 0.5) is 8.78 Å². The summed E-state index contributed by atoms with van der Waals surface area (Å²) in [5, 5.41) is 0. The Morgan fingerprint density at radius 3 is 1.60 bits per heavy atom. The topological polar surface area (TPSA) is 43.4 Å². The third-order valence-electron chi connectivity index (χ3n) is 1.70. The minimum absolute atomic E-state index is 0.620. The maximum absolute atomic E-state index is 12.9. The van der Waals surface area contributed by atoms with Crippen LogP contribution in [0.15, 0.2) is 12.1 Å². The smallest absolute Gasteiger partial charge is 0.350 e. The summed E-state index contributed by atoms with van der Waals surface area (Å²) in [5.41, 5.74) is -1.24. The second kappa shape index (κ2) is 4.16. The van der Waals surface area contributed by atoms with Gasteiger partial charge in [-0.25, -0.2) is 18.4 Å². The molecule has 1 aliphatic heterocycles. The Hall–Kier alpha value is -1.78. The Balaban J connectivity index is 0.000000531. The largest absolute Gasteiger partial charge is 0.385 e. The van der Waals surface area contributed by atoms with Gasteiger partial charge < -0.3 is 4.74 Å².